The first-order valence-corrected chi connectivity index (χ1v) is 6.77. The predicted octanol–water partition coefficient (Wildman–Crippen LogP) is 2.33. The van der Waals surface area contributed by atoms with Crippen molar-refractivity contribution < 1.29 is 4.74 Å². The molecule has 0 saturated heterocycles. The molecule has 2 rings (SSSR count). The van der Waals surface area contributed by atoms with Gasteiger partial charge in [0.1, 0.15) is 5.01 Å². The van der Waals surface area contributed by atoms with Crippen LogP contribution in [0.3, 0.4) is 0 Å². The molecule has 0 radical (unpaired) electrons. The fraction of sp³-hybridized carbons (Fsp3) is 0.385. The molecule has 1 N–H and O–H groups in total. The van der Waals surface area contributed by atoms with Crippen LogP contribution in [0.1, 0.15) is 12.6 Å². The average molecular weight is 263 g/mol. The van der Waals surface area contributed by atoms with Crippen LogP contribution < -0.4 is 5.32 Å². The summed E-state index contributed by atoms with van der Waals surface area (Å²) >= 11 is 1.62. The lowest BCUT2D eigenvalue weighted by molar-refractivity contribution is 0.117. The Morgan fingerprint density at radius 1 is 1.44 bits per heavy atom. The number of thiazole rings is 1. The maximum absolute atomic E-state index is 5.17. The molecule has 0 aliphatic heterocycles. The van der Waals surface area contributed by atoms with Crippen LogP contribution in [0.4, 0.5) is 0 Å². The van der Waals surface area contributed by atoms with Crippen molar-refractivity contribution in [2.75, 3.05) is 13.7 Å². The van der Waals surface area contributed by atoms with Gasteiger partial charge in [-0.15, -0.1) is 11.3 Å². The van der Waals surface area contributed by atoms with E-state index >= 15 is 0 Å². The van der Waals surface area contributed by atoms with Crippen molar-refractivity contribution in [3.63, 3.8) is 0 Å². The first-order valence-electron chi connectivity index (χ1n) is 5.89. The maximum Gasteiger partial charge on any atom is 0.142 e. The van der Waals surface area contributed by atoms with Gasteiger partial charge in [-0.05, 0) is 19.1 Å². The number of methoxy groups -OCH3 is 1. The zero-order valence-corrected chi connectivity index (χ0v) is 11.4. The van der Waals surface area contributed by atoms with E-state index in [0.29, 0.717) is 0 Å². The van der Waals surface area contributed by atoms with E-state index in [1.165, 1.54) is 0 Å². The Bertz CT molecular complexity index is 472. The predicted molar refractivity (Wildman–Crippen MR) is 73.5 cm³/mol. The highest BCUT2D eigenvalue weighted by atomic mass is 32.1. The second kappa shape index (κ2) is 6.58. The summed E-state index contributed by atoms with van der Waals surface area (Å²) in [5, 5.41) is 6.34. The molecule has 0 saturated carbocycles. The summed E-state index contributed by atoms with van der Waals surface area (Å²) in [5.74, 6) is 0. The van der Waals surface area contributed by atoms with Crippen molar-refractivity contribution in [2.45, 2.75) is 19.6 Å². The smallest absolute Gasteiger partial charge is 0.142 e. The Balaban J connectivity index is 1.91. The lowest BCUT2D eigenvalue weighted by Crippen LogP contribution is -2.25. The Labute approximate surface area is 111 Å². The van der Waals surface area contributed by atoms with E-state index in [4.69, 9.17) is 4.74 Å². The molecular weight excluding hydrogens is 246 g/mol. The lowest BCUT2D eigenvalue weighted by atomic mass is 10.3. The van der Waals surface area contributed by atoms with E-state index in [-0.39, 0.29) is 6.10 Å². The van der Waals surface area contributed by atoms with Gasteiger partial charge in [0, 0.05) is 31.8 Å². The average Bonchev–Trinajstić information content (AvgIpc) is 2.88. The fourth-order valence-electron chi connectivity index (χ4n) is 1.48. The zero-order chi connectivity index (χ0) is 12.8. The Morgan fingerprint density at radius 3 is 3.06 bits per heavy atom. The molecule has 0 spiro atoms. The van der Waals surface area contributed by atoms with E-state index in [1.54, 1.807) is 24.6 Å². The first-order chi connectivity index (χ1) is 8.79. The van der Waals surface area contributed by atoms with Crippen molar-refractivity contribution in [2.24, 2.45) is 0 Å². The molecular formula is C13H17N3OS. The normalized spacial score (nSPS) is 12.6. The lowest BCUT2D eigenvalue weighted by Gasteiger charge is -2.09. The van der Waals surface area contributed by atoms with Gasteiger partial charge in [-0.25, -0.2) is 4.98 Å². The Morgan fingerprint density at radius 2 is 2.33 bits per heavy atom. The summed E-state index contributed by atoms with van der Waals surface area (Å²) in [5.41, 5.74) is 1.97. The van der Waals surface area contributed by atoms with E-state index in [0.717, 1.165) is 29.5 Å². The highest BCUT2D eigenvalue weighted by molar-refractivity contribution is 7.13. The summed E-state index contributed by atoms with van der Waals surface area (Å²) in [4.78, 5) is 8.85. The number of pyridine rings is 1. The maximum atomic E-state index is 5.17. The number of ether oxygens (including phenoxy) is 1. The van der Waals surface area contributed by atoms with Crippen molar-refractivity contribution in [3.8, 4) is 10.7 Å². The van der Waals surface area contributed by atoms with E-state index in [2.05, 4.69) is 20.7 Å². The molecule has 0 aliphatic carbocycles. The summed E-state index contributed by atoms with van der Waals surface area (Å²) in [7, 11) is 1.72. The number of hydrogen-bond acceptors (Lipinski definition) is 5. The van der Waals surface area contributed by atoms with E-state index < -0.39 is 0 Å². The van der Waals surface area contributed by atoms with Gasteiger partial charge in [0.2, 0.25) is 0 Å². The minimum Gasteiger partial charge on any atom is -0.380 e. The Kier molecular flexibility index (Phi) is 4.81. The van der Waals surface area contributed by atoms with Crippen molar-refractivity contribution in [3.05, 3.63) is 35.5 Å². The molecule has 0 aromatic carbocycles. The zero-order valence-electron chi connectivity index (χ0n) is 10.6. The van der Waals surface area contributed by atoms with Gasteiger partial charge in [0.25, 0.3) is 0 Å². The van der Waals surface area contributed by atoms with Gasteiger partial charge in [-0.2, -0.15) is 0 Å². The van der Waals surface area contributed by atoms with Crippen LogP contribution in [0.15, 0.2) is 29.8 Å². The summed E-state index contributed by atoms with van der Waals surface area (Å²) < 4.78 is 5.17. The summed E-state index contributed by atoms with van der Waals surface area (Å²) in [6.07, 6.45) is 2.01. The second-order valence-corrected chi connectivity index (χ2v) is 4.89. The van der Waals surface area contributed by atoms with Gasteiger partial charge in [-0.1, -0.05) is 6.07 Å². The molecule has 2 aromatic heterocycles. The topological polar surface area (TPSA) is 47.0 Å². The highest BCUT2D eigenvalue weighted by Gasteiger charge is 2.05. The number of nitrogens with zero attached hydrogens (tertiary/aromatic N) is 2. The third-order valence-electron chi connectivity index (χ3n) is 2.58. The van der Waals surface area contributed by atoms with Crippen LogP contribution in [0.25, 0.3) is 10.7 Å². The highest BCUT2D eigenvalue weighted by Crippen LogP contribution is 2.21. The molecule has 0 aliphatic rings. The van der Waals surface area contributed by atoms with Crippen LogP contribution in [0.5, 0.6) is 0 Å². The van der Waals surface area contributed by atoms with Gasteiger partial charge in [0.15, 0.2) is 0 Å². The number of nitrogens with one attached hydrogen (secondary N) is 1. The molecule has 1 unspecified atom stereocenters. The molecule has 4 nitrogen and oxygen atoms in total. The fourth-order valence-corrected chi connectivity index (χ4v) is 2.28. The molecule has 1 atom stereocenters. The molecule has 0 amide bonds. The first kappa shape index (κ1) is 13.1. The van der Waals surface area contributed by atoms with E-state index in [9.17, 15) is 0 Å². The molecule has 96 valence electrons. The number of hydrogen-bond donors (Lipinski definition) is 1. The minimum absolute atomic E-state index is 0.221. The van der Waals surface area contributed by atoms with Crippen molar-refractivity contribution >= 4 is 11.3 Å². The Hall–Kier alpha value is -1.30. The molecule has 5 heteroatoms. The molecule has 0 bridgehead atoms. The van der Waals surface area contributed by atoms with Crippen LogP contribution >= 0.6 is 11.3 Å². The molecule has 18 heavy (non-hydrogen) atoms. The van der Waals surface area contributed by atoms with Crippen LogP contribution in [-0.4, -0.2) is 29.7 Å². The minimum atomic E-state index is 0.221. The molecule has 0 fully saturated rings. The third-order valence-corrected chi connectivity index (χ3v) is 3.49. The molecule has 2 heterocycles. The SMILES string of the molecule is COC(C)CNCc1csc(-c2ccccn2)n1. The largest absolute Gasteiger partial charge is 0.380 e. The molecule has 2 aromatic rings. The van der Waals surface area contributed by atoms with Gasteiger partial charge >= 0.3 is 0 Å². The number of rotatable bonds is 6. The second-order valence-electron chi connectivity index (χ2n) is 4.04. The van der Waals surface area contributed by atoms with Crippen LogP contribution in [-0.2, 0) is 11.3 Å². The standard InChI is InChI=1S/C13H17N3OS/c1-10(17-2)7-14-8-11-9-18-13(16-11)12-5-3-4-6-15-12/h3-6,9-10,14H,7-8H2,1-2H3. The van der Waals surface area contributed by atoms with Gasteiger partial charge in [0.05, 0.1) is 17.5 Å². The summed E-state index contributed by atoms with van der Waals surface area (Å²) in [6.45, 7) is 3.62. The summed E-state index contributed by atoms with van der Waals surface area (Å²) in [6, 6.07) is 5.86. The quantitative estimate of drug-likeness (QED) is 0.869. The monoisotopic (exact) mass is 263 g/mol. The van der Waals surface area contributed by atoms with Gasteiger partial charge < -0.3 is 10.1 Å². The number of aromatic nitrogens is 2. The third kappa shape index (κ3) is 3.60. The van der Waals surface area contributed by atoms with Crippen molar-refractivity contribution in [1.82, 2.24) is 15.3 Å². The van der Waals surface area contributed by atoms with Crippen LogP contribution in [0, 0.1) is 0 Å². The van der Waals surface area contributed by atoms with Gasteiger partial charge in [-0.3, -0.25) is 4.98 Å². The van der Waals surface area contributed by atoms with E-state index in [1.807, 2.05) is 25.1 Å². The van der Waals surface area contributed by atoms with Crippen LogP contribution in [0.2, 0.25) is 0 Å². The van der Waals surface area contributed by atoms with Crippen molar-refractivity contribution in [1.29, 1.82) is 0 Å².